The molecule has 2 aromatic heterocycles. The number of allylic oxidation sites excluding steroid dienone is 2. The highest BCUT2D eigenvalue weighted by Crippen LogP contribution is 2.40. The molecule has 2 atom stereocenters. The number of carbonyl (C=O) groups is 1. The van der Waals surface area contributed by atoms with Gasteiger partial charge in [0.2, 0.25) is 0 Å². The minimum absolute atomic E-state index is 0.0135. The standard InChI is InChI=1S/C19H22N4O2/c1-22-17-16(18(24)21-22)14(8-15(20-17)11-6-7-11)19(25)23-9-12-4-2-3-5-13(12)10-23/h2-3,8,11-13H,4-7,9-10H2,1H3,(H,21,24)/t12-,13+. The van der Waals surface area contributed by atoms with Gasteiger partial charge in [-0.15, -0.1) is 0 Å². The number of nitrogens with zero attached hydrogens (tertiary/aromatic N) is 3. The van der Waals surface area contributed by atoms with Crippen molar-refractivity contribution in [2.75, 3.05) is 13.1 Å². The monoisotopic (exact) mass is 338 g/mol. The smallest absolute Gasteiger partial charge is 0.274 e. The van der Waals surface area contributed by atoms with E-state index in [0.717, 1.165) is 44.5 Å². The van der Waals surface area contributed by atoms with E-state index in [-0.39, 0.29) is 11.5 Å². The number of aryl methyl sites for hydroxylation is 1. The molecule has 5 rings (SSSR count). The zero-order chi connectivity index (χ0) is 17.1. The van der Waals surface area contributed by atoms with Crippen molar-refractivity contribution >= 4 is 16.9 Å². The molecule has 0 bridgehead atoms. The Hall–Kier alpha value is -2.37. The highest BCUT2D eigenvalue weighted by atomic mass is 16.2. The Morgan fingerprint density at radius 3 is 2.52 bits per heavy atom. The minimum atomic E-state index is -0.228. The van der Waals surface area contributed by atoms with Gasteiger partial charge in [0.1, 0.15) is 0 Å². The second-order valence-electron chi connectivity index (χ2n) is 7.74. The summed E-state index contributed by atoms with van der Waals surface area (Å²) < 4.78 is 1.63. The lowest BCUT2D eigenvalue weighted by molar-refractivity contribution is 0.0786. The molecule has 0 spiro atoms. The highest BCUT2D eigenvalue weighted by Gasteiger charge is 2.37. The number of aromatic nitrogens is 3. The first-order valence-electron chi connectivity index (χ1n) is 9.15. The fraction of sp³-hybridized carbons (Fsp3) is 0.526. The van der Waals surface area contributed by atoms with E-state index in [1.165, 1.54) is 0 Å². The lowest BCUT2D eigenvalue weighted by Gasteiger charge is -2.17. The number of hydrogen-bond acceptors (Lipinski definition) is 3. The number of pyridine rings is 1. The van der Waals surface area contributed by atoms with Crippen molar-refractivity contribution in [1.29, 1.82) is 0 Å². The van der Waals surface area contributed by atoms with Gasteiger partial charge in [0, 0.05) is 31.7 Å². The largest absolute Gasteiger partial charge is 0.338 e. The Balaban J connectivity index is 1.57. The number of amides is 1. The van der Waals surface area contributed by atoms with Gasteiger partial charge in [0.15, 0.2) is 5.65 Å². The zero-order valence-corrected chi connectivity index (χ0v) is 14.4. The van der Waals surface area contributed by atoms with Crippen LogP contribution in [0.5, 0.6) is 0 Å². The second-order valence-corrected chi connectivity index (χ2v) is 7.74. The fourth-order valence-electron chi connectivity index (χ4n) is 4.39. The van der Waals surface area contributed by atoms with Crippen LogP contribution in [0.15, 0.2) is 23.0 Å². The summed E-state index contributed by atoms with van der Waals surface area (Å²) in [5.41, 5.74) is 1.84. The van der Waals surface area contributed by atoms with Crippen LogP contribution in [-0.2, 0) is 7.05 Å². The summed E-state index contributed by atoms with van der Waals surface area (Å²) in [6.07, 6.45) is 8.80. The number of nitrogens with one attached hydrogen (secondary N) is 1. The van der Waals surface area contributed by atoms with Crippen LogP contribution < -0.4 is 5.56 Å². The van der Waals surface area contributed by atoms with Crippen molar-refractivity contribution in [1.82, 2.24) is 19.7 Å². The number of fused-ring (bicyclic) bond motifs is 2. The Labute approximate surface area is 145 Å². The van der Waals surface area contributed by atoms with E-state index in [1.807, 2.05) is 11.0 Å². The van der Waals surface area contributed by atoms with Crippen molar-refractivity contribution in [3.63, 3.8) is 0 Å². The van der Waals surface area contributed by atoms with Crippen LogP contribution in [0, 0.1) is 11.8 Å². The molecular weight excluding hydrogens is 316 g/mol. The number of rotatable bonds is 2. The zero-order valence-electron chi connectivity index (χ0n) is 14.4. The maximum absolute atomic E-state index is 13.3. The number of H-pyrrole nitrogens is 1. The lowest BCUT2D eigenvalue weighted by atomic mass is 9.86. The molecule has 3 heterocycles. The van der Waals surface area contributed by atoms with Gasteiger partial charge >= 0.3 is 0 Å². The van der Waals surface area contributed by atoms with Gasteiger partial charge in [-0.2, -0.15) is 0 Å². The molecule has 25 heavy (non-hydrogen) atoms. The van der Waals surface area contributed by atoms with Gasteiger partial charge in [-0.25, -0.2) is 4.98 Å². The van der Waals surface area contributed by atoms with Crippen molar-refractivity contribution < 1.29 is 4.79 Å². The molecule has 0 unspecified atom stereocenters. The summed E-state index contributed by atoms with van der Waals surface area (Å²) in [6, 6.07) is 1.87. The van der Waals surface area contributed by atoms with Crippen LogP contribution in [0.3, 0.4) is 0 Å². The summed E-state index contributed by atoms with van der Waals surface area (Å²) in [6.45, 7) is 1.59. The Kier molecular flexibility index (Phi) is 3.17. The van der Waals surface area contributed by atoms with E-state index < -0.39 is 0 Å². The maximum atomic E-state index is 13.3. The molecule has 1 aliphatic heterocycles. The number of hydrogen-bond donors (Lipinski definition) is 1. The van der Waals surface area contributed by atoms with E-state index in [9.17, 15) is 9.59 Å². The second kappa shape index (κ2) is 5.31. The quantitative estimate of drug-likeness (QED) is 0.853. The SMILES string of the molecule is Cn1[nH]c(=O)c2c(C(=O)N3C[C@H]4CC=CC[C@H]4C3)cc(C3CC3)nc21. The molecular formula is C19H22N4O2. The molecule has 2 aromatic rings. The van der Waals surface area contributed by atoms with Crippen LogP contribution in [0.4, 0.5) is 0 Å². The van der Waals surface area contributed by atoms with E-state index in [1.54, 1.807) is 11.7 Å². The Bertz CT molecular complexity index is 934. The lowest BCUT2D eigenvalue weighted by Crippen LogP contribution is -2.30. The third-order valence-corrected chi connectivity index (χ3v) is 5.97. The average Bonchev–Trinajstić information content (AvgIpc) is 3.31. The van der Waals surface area contributed by atoms with Crippen LogP contribution in [0.1, 0.15) is 47.7 Å². The summed E-state index contributed by atoms with van der Waals surface area (Å²) >= 11 is 0. The third-order valence-electron chi connectivity index (χ3n) is 5.97. The van der Waals surface area contributed by atoms with Crippen molar-refractivity contribution in [3.8, 4) is 0 Å². The molecule has 130 valence electrons. The molecule has 3 aliphatic rings. The molecule has 0 aromatic carbocycles. The summed E-state index contributed by atoms with van der Waals surface area (Å²) in [5.74, 6) is 1.54. The van der Waals surface area contributed by atoms with E-state index >= 15 is 0 Å². The first-order chi connectivity index (χ1) is 12.1. The first-order valence-corrected chi connectivity index (χ1v) is 9.15. The van der Waals surface area contributed by atoms with Crippen molar-refractivity contribution in [2.45, 2.75) is 31.6 Å². The molecule has 6 nitrogen and oxygen atoms in total. The van der Waals surface area contributed by atoms with Gasteiger partial charge in [0.05, 0.1) is 10.9 Å². The fourth-order valence-corrected chi connectivity index (χ4v) is 4.39. The van der Waals surface area contributed by atoms with Gasteiger partial charge in [-0.3, -0.25) is 19.4 Å². The average molecular weight is 338 g/mol. The van der Waals surface area contributed by atoms with Gasteiger partial charge in [-0.05, 0) is 43.6 Å². The molecule has 1 saturated heterocycles. The van der Waals surface area contributed by atoms with Gasteiger partial charge in [-0.1, -0.05) is 12.2 Å². The molecule has 2 aliphatic carbocycles. The van der Waals surface area contributed by atoms with Crippen LogP contribution in [0.2, 0.25) is 0 Å². The predicted molar refractivity (Wildman–Crippen MR) is 94.6 cm³/mol. The topological polar surface area (TPSA) is 71.0 Å². The van der Waals surface area contributed by atoms with Crippen molar-refractivity contribution in [2.24, 2.45) is 18.9 Å². The normalized spacial score (nSPS) is 25.6. The van der Waals surface area contributed by atoms with Crippen LogP contribution in [-0.4, -0.2) is 38.7 Å². The Morgan fingerprint density at radius 1 is 1.20 bits per heavy atom. The van der Waals surface area contributed by atoms with Crippen LogP contribution in [0.25, 0.3) is 11.0 Å². The molecule has 1 saturated carbocycles. The van der Waals surface area contributed by atoms with E-state index in [2.05, 4.69) is 22.2 Å². The Morgan fingerprint density at radius 2 is 1.88 bits per heavy atom. The molecule has 1 N–H and O–H groups in total. The minimum Gasteiger partial charge on any atom is -0.338 e. The number of likely N-dealkylation sites (tertiary alicyclic amines) is 1. The van der Waals surface area contributed by atoms with E-state index in [0.29, 0.717) is 34.4 Å². The number of aromatic amines is 1. The molecule has 0 radical (unpaired) electrons. The summed E-state index contributed by atoms with van der Waals surface area (Å²) in [7, 11) is 1.78. The van der Waals surface area contributed by atoms with Gasteiger partial charge < -0.3 is 4.90 Å². The number of carbonyl (C=O) groups excluding carboxylic acids is 1. The van der Waals surface area contributed by atoms with Gasteiger partial charge in [0.25, 0.3) is 11.5 Å². The molecule has 1 amide bonds. The summed E-state index contributed by atoms with van der Waals surface area (Å²) in [5, 5.41) is 3.19. The maximum Gasteiger partial charge on any atom is 0.274 e. The summed E-state index contributed by atoms with van der Waals surface area (Å²) in [4.78, 5) is 32.3. The first kappa shape index (κ1) is 14.9. The van der Waals surface area contributed by atoms with E-state index in [4.69, 9.17) is 0 Å². The predicted octanol–water partition coefficient (Wildman–Crippen LogP) is 2.18. The highest BCUT2D eigenvalue weighted by molar-refractivity contribution is 6.05. The molecule has 2 fully saturated rings. The molecule has 6 heteroatoms. The third kappa shape index (κ3) is 2.34. The van der Waals surface area contributed by atoms with Crippen molar-refractivity contribution in [3.05, 3.63) is 39.8 Å². The van der Waals surface area contributed by atoms with Crippen LogP contribution >= 0.6 is 0 Å².